The summed E-state index contributed by atoms with van der Waals surface area (Å²) in [5, 5.41) is 8.19. The van der Waals surface area contributed by atoms with E-state index < -0.39 is 11.9 Å². The monoisotopic (exact) mass is 476 g/mol. The molecule has 0 aliphatic rings. The van der Waals surface area contributed by atoms with E-state index >= 15 is 0 Å². The zero-order valence-corrected chi connectivity index (χ0v) is 19.0. The lowest BCUT2D eigenvalue weighted by Gasteiger charge is -2.07. The van der Waals surface area contributed by atoms with E-state index in [0.29, 0.717) is 34.2 Å². The molecule has 0 aliphatic heterocycles. The lowest BCUT2D eigenvalue weighted by Crippen LogP contribution is -2.09. The van der Waals surface area contributed by atoms with Crippen molar-refractivity contribution in [2.45, 2.75) is 6.61 Å². The van der Waals surface area contributed by atoms with Crippen molar-refractivity contribution in [3.8, 4) is 28.7 Å². The molecule has 0 fully saturated rings. The molecule has 0 saturated heterocycles. The second-order valence-corrected chi connectivity index (χ2v) is 7.83. The van der Waals surface area contributed by atoms with E-state index in [0.717, 1.165) is 11.1 Å². The molecule has 0 spiro atoms. The molecule has 0 aliphatic carbocycles. The zero-order valence-electron chi connectivity index (χ0n) is 19.0. The molecule has 7 heteroatoms. The van der Waals surface area contributed by atoms with E-state index in [-0.39, 0.29) is 6.61 Å². The fourth-order valence-corrected chi connectivity index (χ4v) is 3.44. The number of benzene rings is 4. The third-order valence-corrected chi connectivity index (χ3v) is 5.30. The molecule has 4 aromatic carbocycles. The van der Waals surface area contributed by atoms with Gasteiger partial charge >= 0.3 is 11.9 Å². The summed E-state index contributed by atoms with van der Waals surface area (Å²) in [5.41, 5.74) is 2.91. The zero-order chi connectivity index (χ0) is 24.7. The van der Waals surface area contributed by atoms with Crippen LogP contribution in [0.25, 0.3) is 22.9 Å². The largest absolute Gasteiger partial charge is 0.457 e. The lowest BCUT2D eigenvalue weighted by atomic mass is 10.1. The summed E-state index contributed by atoms with van der Waals surface area (Å²) in [7, 11) is 0. The Bertz CT molecular complexity index is 1480. The molecule has 1 heterocycles. The summed E-state index contributed by atoms with van der Waals surface area (Å²) in [5.74, 6) is 0.223. The van der Waals surface area contributed by atoms with Gasteiger partial charge in [-0.2, -0.15) is 0 Å². The molecule has 0 atom stereocenters. The molecule has 0 N–H and O–H groups in total. The number of esters is 2. The van der Waals surface area contributed by atoms with Crippen molar-refractivity contribution in [3.63, 3.8) is 0 Å². The third kappa shape index (κ3) is 5.37. The predicted molar refractivity (Wildman–Crippen MR) is 132 cm³/mol. The lowest BCUT2D eigenvalue weighted by molar-refractivity contribution is 0.0472. The van der Waals surface area contributed by atoms with Crippen molar-refractivity contribution in [3.05, 3.63) is 126 Å². The number of aromatic nitrogens is 2. The van der Waals surface area contributed by atoms with Crippen LogP contribution < -0.4 is 4.74 Å². The van der Waals surface area contributed by atoms with Gasteiger partial charge in [0.1, 0.15) is 12.4 Å². The highest BCUT2D eigenvalue weighted by Gasteiger charge is 2.14. The quantitative estimate of drug-likeness (QED) is 0.211. The van der Waals surface area contributed by atoms with Crippen LogP contribution in [0.3, 0.4) is 0 Å². The van der Waals surface area contributed by atoms with E-state index in [9.17, 15) is 9.59 Å². The minimum absolute atomic E-state index is 0.0514. The van der Waals surface area contributed by atoms with E-state index in [1.165, 1.54) is 0 Å². The average Bonchev–Trinajstić information content (AvgIpc) is 3.44. The molecule has 0 unspecified atom stereocenters. The Morgan fingerprint density at radius 1 is 0.639 bits per heavy atom. The molecule has 5 rings (SSSR count). The summed E-state index contributed by atoms with van der Waals surface area (Å²) in [6, 6.07) is 31.8. The van der Waals surface area contributed by atoms with Crippen LogP contribution in [0.4, 0.5) is 0 Å². The van der Waals surface area contributed by atoms with Crippen molar-refractivity contribution < 1.29 is 23.5 Å². The van der Waals surface area contributed by atoms with Crippen LogP contribution in [0.2, 0.25) is 0 Å². The summed E-state index contributed by atoms with van der Waals surface area (Å²) in [4.78, 5) is 24.9. The van der Waals surface area contributed by atoms with Gasteiger partial charge in [-0.15, -0.1) is 10.2 Å². The van der Waals surface area contributed by atoms with Crippen molar-refractivity contribution in [2.75, 3.05) is 0 Å². The summed E-state index contributed by atoms with van der Waals surface area (Å²) in [6.07, 6.45) is 0. The Hall–Kier alpha value is -5.04. The van der Waals surface area contributed by atoms with Crippen LogP contribution in [0.5, 0.6) is 5.75 Å². The van der Waals surface area contributed by atoms with E-state index in [1.54, 1.807) is 72.8 Å². The van der Waals surface area contributed by atoms with Crippen molar-refractivity contribution in [1.82, 2.24) is 10.2 Å². The maximum atomic E-state index is 12.6. The molecule has 0 amide bonds. The van der Waals surface area contributed by atoms with Gasteiger partial charge in [-0.3, -0.25) is 0 Å². The highest BCUT2D eigenvalue weighted by atomic mass is 16.5. The minimum Gasteiger partial charge on any atom is -0.457 e. The molecule has 7 nitrogen and oxygen atoms in total. The van der Waals surface area contributed by atoms with Crippen molar-refractivity contribution in [1.29, 1.82) is 0 Å². The van der Waals surface area contributed by atoms with Gasteiger partial charge in [0.25, 0.3) is 0 Å². The van der Waals surface area contributed by atoms with Gasteiger partial charge in [0.15, 0.2) is 0 Å². The van der Waals surface area contributed by atoms with Crippen LogP contribution in [-0.4, -0.2) is 22.1 Å². The van der Waals surface area contributed by atoms with Crippen LogP contribution in [0.15, 0.2) is 114 Å². The van der Waals surface area contributed by atoms with Crippen LogP contribution in [0, 0.1) is 0 Å². The maximum absolute atomic E-state index is 12.6. The van der Waals surface area contributed by atoms with Crippen LogP contribution >= 0.6 is 0 Å². The van der Waals surface area contributed by atoms with Crippen molar-refractivity contribution >= 4 is 11.9 Å². The first-order valence-corrected chi connectivity index (χ1v) is 11.2. The molecular weight excluding hydrogens is 456 g/mol. The van der Waals surface area contributed by atoms with Gasteiger partial charge in [0, 0.05) is 11.1 Å². The van der Waals surface area contributed by atoms with Gasteiger partial charge in [0.2, 0.25) is 11.8 Å². The van der Waals surface area contributed by atoms with Gasteiger partial charge in [-0.05, 0) is 60.2 Å². The Morgan fingerprint density at radius 2 is 1.28 bits per heavy atom. The maximum Gasteiger partial charge on any atom is 0.343 e. The molecule has 1 aromatic heterocycles. The second kappa shape index (κ2) is 10.5. The first kappa shape index (κ1) is 22.7. The summed E-state index contributed by atoms with van der Waals surface area (Å²) in [6.45, 7) is 0.0514. The van der Waals surface area contributed by atoms with Gasteiger partial charge in [0.05, 0.1) is 11.1 Å². The third-order valence-electron chi connectivity index (χ3n) is 5.30. The first-order valence-electron chi connectivity index (χ1n) is 11.2. The number of carbonyl (C=O) groups excluding carboxylic acids is 2. The molecule has 176 valence electrons. The number of nitrogens with zero attached hydrogens (tertiary/aromatic N) is 2. The smallest absolute Gasteiger partial charge is 0.343 e. The summed E-state index contributed by atoms with van der Waals surface area (Å²) < 4.78 is 16.6. The fourth-order valence-electron chi connectivity index (χ4n) is 3.44. The fraction of sp³-hybridized carbons (Fsp3) is 0.0345. The number of para-hydroxylation sites is 1. The van der Waals surface area contributed by atoms with Crippen LogP contribution in [-0.2, 0) is 11.3 Å². The molecule has 0 bridgehead atoms. The highest BCUT2D eigenvalue weighted by molar-refractivity contribution is 5.91. The summed E-state index contributed by atoms with van der Waals surface area (Å²) >= 11 is 0. The number of hydrogen-bond donors (Lipinski definition) is 0. The molecule has 36 heavy (non-hydrogen) atoms. The predicted octanol–water partition coefficient (Wildman–Crippen LogP) is 5.98. The highest BCUT2D eigenvalue weighted by Crippen LogP contribution is 2.24. The molecule has 0 radical (unpaired) electrons. The normalized spacial score (nSPS) is 10.6. The SMILES string of the molecule is O=C(OCc1ccc(C(=O)Oc2ccccc2)cc1)c1cccc(-c2nnc(-c3ccccc3)o2)c1. The van der Waals surface area contributed by atoms with Gasteiger partial charge < -0.3 is 13.9 Å². The van der Waals surface area contributed by atoms with Crippen molar-refractivity contribution in [2.24, 2.45) is 0 Å². The molecular formula is C29H20N2O5. The average molecular weight is 476 g/mol. The minimum atomic E-state index is -0.493. The standard InChI is InChI=1S/C29H20N2O5/c32-28(34-19-20-14-16-22(17-15-20)29(33)35-25-12-5-2-6-13-25)24-11-7-10-23(18-24)27-31-30-26(36-27)21-8-3-1-4-9-21/h1-18H,19H2. The Labute approximate surface area is 207 Å². The Balaban J connectivity index is 1.20. The topological polar surface area (TPSA) is 91.5 Å². The number of ether oxygens (including phenoxy) is 2. The van der Waals surface area contributed by atoms with Gasteiger partial charge in [-0.1, -0.05) is 54.6 Å². The first-order chi connectivity index (χ1) is 17.7. The van der Waals surface area contributed by atoms with E-state index in [1.807, 2.05) is 36.4 Å². The number of carbonyl (C=O) groups is 2. The van der Waals surface area contributed by atoms with E-state index in [4.69, 9.17) is 13.9 Å². The number of hydrogen-bond acceptors (Lipinski definition) is 7. The molecule has 0 saturated carbocycles. The van der Waals surface area contributed by atoms with Gasteiger partial charge in [-0.25, -0.2) is 9.59 Å². The Morgan fingerprint density at radius 3 is 2.00 bits per heavy atom. The second-order valence-electron chi connectivity index (χ2n) is 7.83. The van der Waals surface area contributed by atoms with Crippen LogP contribution in [0.1, 0.15) is 26.3 Å². The Kier molecular flexibility index (Phi) is 6.62. The molecule has 5 aromatic rings. The number of rotatable bonds is 7. The van der Waals surface area contributed by atoms with E-state index in [2.05, 4.69) is 10.2 Å².